The third-order valence-corrected chi connectivity index (χ3v) is 3.99. The van der Waals surface area contributed by atoms with E-state index in [2.05, 4.69) is 47.3 Å². The van der Waals surface area contributed by atoms with Crippen LogP contribution in [-0.4, -0.2) is 22.3 Å². The van der Waals surface area contributed by atoms with E-state index in [1.165, 1.54) is 16.5 Å². The van der Waals surface area contributed by atoms with E-state index >= 15 is 0 Å². The molecule has 0 fully saturated rings. The molecule has 0 saturated carbocycles. The lowest BCUT2D eigenvalue weighted by Gasteiger charge is -2.32. The summed E-state index contributed by atoms with van der Waals surface area (Å²) in [5.74, 6) is 0. The number of para-hydroxylation sites is 1. The van der Waals surface area contributed by atoms with Gasteiger partial charge in [0.2, 0.25) is 0 Å². The maximum Gasteiger partial charge on any atom is 0.407 e. The van der Waals surface area contributed by atoms with Crippen LogP contribution in [0.2, 0.25) is 0 Å². The van der Waals surface area contributed by atoms with Gasteiger partial charge in [0.05, 0.1) is 17.6 Å². The van der Waals surface area contributed by atoms with Crippen LogP contribution >= 0.6 is 0 Å². The van der Waals surface area contributed by atoms with Crippen LogP contribution in [0, 0.1) is 0 Å². The molecule has 2 atom stereocenters. The van der Waals surface area contributed by atoms with Gasteiger partial charge in [-0.2, -0.15) is 0 Å². The number of ether oxygens (including phenoxy) is 1. The number of benzene rings is 1. The average Bonchev–Trinajstić information content (AvgIpc) is 2.79. The molecule has 1 N–H and O–H groups in total. The molecule has 0 aliphatic carbocycles. The number of aromatic nitrogens is 1. The molecule has 4 nitrogen and oxygen atoms in total. The summed E-state index contributed by atoms with van der Waals surface area (Å²) in [5, 5.41) is 4.28. The van der Waals surface area contributed by atoms with Gasteiger partial charge >= 0.3 is 6.09 Å². The number of hydrogen-bond acceptors (Lipinski definition) is 2. The average molecular weight is 286 g/mol. The second-order valence-electron chi connectivity index (χ2n) is 6.78. The third-order valence-electron chi connectivity index (χ3n) is 3.99. The fourth-order valence-electron chi connectivity index (χ4n) is 3.03. The number of nitrogens with one attached hydrogen (secondary N) is 1. The Kier molecular flexibility index (Phi) is 3.19. The number of nitrogens with zero attached hydrogens (tertiary/aromatic N) is 1. The molecule has 1 aliphatic heterocycles. The van der Waals surface area contributed by atoms with Crippen LogP contribution in [0.15, 0.2) is 30.5 Å². The quantitative estimate of drug-likeness (QED) is 0.869. The first-order chi connectivity index (χ1) is 9.85. The highest BCUT2D eigenvalue weighted by Crippen LogP contribution is 2.32. The van der Waals surface area contributed by atoms with Crippen LogP contribution in [0.4, 0.5) is 4.79 Å². The maximum absolute atomic E-state index is 12.0. The molecule has 2 aromatic rings. The Labute approximate surface area is 125 Å². The Morgan fingerprint density at radius 1 is 1.33 bits per heavy atom. The van der Waals surface area contributed by atoms with E-state index in [0.29, 0.717) is 0 Å². The number of amides is 1. The zero-order valence-electron chi connectivity index (χ0n) is 13.0. The number of hydrogen-bond donors (Lipinski definition) is 1. The number of alkyl carbamates (subject to hydrolysis) is 1. The van der Waals surface area contributed by atoms with Gasteiger partial charge in [-0.3, -0.25) is 0 Å². The van der Waals surface area contributed by atoms with E-state index in [0.717, 1.165) is 6.42 Å². The SMILES string of the molecule is C[C@@H]1[C@H](NC(=O)OC(C)(C)C)Cc2cccc3ccn1c23. The van der Waals surface area contributed by atoms with E-state index in [1.807, 2.05) is 20.8 Å². The molecule has 0 radical (unpaired) electrons. The highest BCUT2D eigenvalue weighted by atomic mass is 16.6. The minimum absolute atomic E-state index is 0.0466. The molecule has 2 heterocycles. The summed E-state index contributed by atoms with van der Waals surface area (Å²) in [7, 11) is 0. The summed E-state index contributed by atoms with van der Waals surface area (Å²) >= 11 is 0. The summed E-state index contributed by atoms with van der Waals surface area (Å²) in [6, 6.07) is 8.72. The van der Waals surface area contributed by atoms with Crippen molar-refractivity contribution in [1.82, 2.24) is 9.88 Å². The zero-order valence-corrected chi connectivity index (χ0v) is 13.0. The largest absolute Gasteiger partial charge is 0.444 e. The lowest BCUT2D eigenvalue weighted by atomic mass is 9.95. The third kappa shape index (κ3) is 2.62. The normalized spacial score (nSPS) is 21.3. The standard InChI is InChI=1S/C17H22N2O2/c1-11-14(18-16(20)21-17(2,3)4)10-13-7-5-6-12-8-9-19(11)15(12)13/h5-9,11,14H,10H2,1-4H3,(H,18,20)/t11-,14-/m1/s1. The Morgan fingerprint density at radius 3 is 2.81 bits per heavy atom. The molecule has 0 saturated heterocycles. The number of rotatable bonds is 1. The van der Waals surface area contributed by atoms with Crippen molar-refractivity contribution in [2.75, 3.05) is 0 Å². The second kappa shape index (κ2) is 4.79. The van der Waals surface area contributed by atoms with Crippen molar-refractivity contribution < 1.29 is 9.53 Å². The first-order valence-corrected chi connectivity index (χ1v) is 7.43. The predicted octanol–water partition coefficient (Wildman–Crippen LogP) is 3.65. The molecule has 1 aromatic carbocycles. The minimum atomic E-state index is -0.472. The maximum atomic E-state index is 12.0. The first kappa shape index (κ1) is 14.0. The number of carbonyl (C=O) groups is 1. The number of carbonyl (C=O) groups excluding carboxylic acids is 1. The Hall–Kier alpha value is -1.97. The lowest BCUT2D eigenvalue weighted by Crippen LogP contribution is -2.45. The topological polar surface area (TPSA) is 43.3 Å². The summed E-state index contributed by atoms with van der Waals surface area (Å²) in [5.41, 5.74) is 2.09. The molecule has 1 amide bonds. The lowest BCUT2D eigenvalue weighted by molar-refractivity contribution is 0.0488. The van der Waals surface area contributed by atoms with Crippen molar-refractivity contribution in [2.24, 2.45) is 0 Å². The highest BCUT2D eigenvalue weighted by molar-refractivity contribution is 5.84. The molecule has 1 aromatic heterocycles. The smallest absolute Gasteiger partial charge is 0.407 e. The van der Waals surface area contributed by atoms with Gasteiger partial charge in [0.1, 0.15) is 5.60 Å². The van der Waals surface area contributed by atoms with Gasteiger partial charge in [0, 0.05) is 6.20 Å². The zero-order chi connectivity index (χ0) is 15.2. The van der Waals surface area contributed by atoms with Crippen LogP contribution in [0.25, 0.3) is 10.9 Å². The van der Waals surface area contributed by atoms with Gasteiger partial charge < -0.3 is 14.6 Å². The van der Waals surface area contributed by atoms with Crippen LogP contribution in [0.1, 0.15) is 39.3 Å². The molecule has 0 bridgehead atoms. The molecule has 21 heavy (non-hydrogen) atoms. The second-order valence-corrected chi connectivity index (χ2v) is 6.78. The van der Waals surface area contributed by atoms with Gasteiger partial charge in [0.25, 0.3) is 0 Å². The molecule has 0 spiro atoms. The van der Waals surface area contributed by atoms with Crippen molar-refractivity contribution in [2.45, 2.75) is 51.8 Å². The van der Waals surface area contributed by atoms with Crippen molar-refractivity contribution in [3.05, 3.63) is 36.0 Å². The Morgan fingerprint density at radius 2 is 2.10 bits per heavy atom. The Balaban J connectivity index is 1.83. The van der Waals surface area contributed by atoms with Gasteiger partial charge in [-0.1, -0.05) is 18.2 Å². The Bertz CT molecular complexity index is 682. The molecular weight excluding hydrogens is 264 g/mol. The summed E-state index contributed by atoms with van der Waals surface area (Å²) in [4.78, 5) is 12.0. The van der Waals surface area contributed by atoms with E-state index in [9.17, 15) is 4.79 Å². The summed E-state index contributed by atoms with van der Waals surface area (Å²) < 4.78 is 7.62. The van der Waals surface area contributed by atoms with Gasteiger partial charge in [0.15, 0.2) is 0 Å². The van der Waals surface area contributed by atoms with Gasteiger partial charge in [-0.15, -0.1) is 0 Å². The predicted molar refractivity (Wildman–Crippen MR) is 83.5 cm³/mol. The molecule has 3 rings (SSSR count). The fourth-order valence-corrected chi connectivity index (χ4v) is 3.03. The minimum Gasteiger partial charge on any atom is -0.444 e. The van der Waals surface area contributed by atoms with Crippen LogP contribution < -0.4 is 5.32 Å². The van der Waals surface area contributed by atoms with E-state index < -0.39 is 5.60 Å². The first-order valence-electron chi connectivity index (χ1n) is 7.43. The van der Waals surface area contributed by atoms with Crippen molar-refractivity contribution in [1.29, 1.82) is 0 Å². The molecular formula is C17H22N2O2. The van der Waals surface area contributed by atoms with Gasteiger partial charge in [-0.05, 0) is 51.1 Å². The molecule has 0 unspecified atom stereocenters. The van der Waals surface area contributed by atoms with Crippen molar-refractivity contribution >= 4 is 17.0 Å². The van der Waals surface area contributed by atoms with E-state index in [-0.39, 0.29) is 18.2 Å². The van der Waals surface area contributed by atoms with Gasteiger partial charge in [-0.25, -0.2) is 4.79 Å². The van der Waals surface area contributed by atoms with Crippen LogP contribution in [-0.2, 0) is 11.2 Å². The highest BCUT2D eigenvalue weighted by Gasteiger charge is 2.29. The molecule has 4 heteroatoms. The summed E-state index contributed by atoms with van der Waals surface area (Å²) in [6.45, 7) is 7.77. The van der Waals surface area contributed by atoms with E-state index in [4.69, 9.17) is 4.74 Å². The fraction of sp³-hybridized carbons (Fsp3) is 0.471. The molecule has 1 aliphatic rings. The van der Waals surface area contributed by atoms with E-state index in [1.54, 1.807) is 0 Å². The monoisotopic (exact) mass is 286 g/mol. The van der Waals surface area contributed by atoms with Crippen LogP contribution in [0.5, 0.6) is 0 Å². The molecule has 112 valence electrons. The van der Waals surface area contributed by atoms with Crippen molar-refractivity contribution in [3.63, 3.8) is 0 Å². The van der Waals surface area contributed by atoms with Crippen LogP contribution in [0.3, 0.4) is 0 Å². The van der Waals surface area contributed by atoms with Crippen molar-refractivity contribution in [3.8, 4) is 0 Å². The summed E-state index contributed by atoms with van der Waals surface area (Å²) in [6.07, 6.45) is 2.59.